The second kappa shape index (κ2) is 7.14. The van der Waals surface area contributed by atoms with Crippen LogP contribution in [0.1, 0.15) is 24.7 Å². The third kappa shape index (κ3) is 3.87. The van der Waals surface area contributed by atoms with Crippen LogP contribution in [0.2, 0.25) is 0 Å². The van der Waals surface area contributed by atoms with Crippen molar-refractivity contribution in [3.05, 3.63) is 53.6 Å². The summed E-state index contributed by atoms with van der Waals surface area (Å²) in [6.45, 7) is 2.90. The molecule has 0 aliphatic carbocycles. The van der Waals surface area contributed by atoms with Crippen LogP contribution in [0.15, 0.2) is 30.6 Å². The van der Waals surface area contributed by atoms with Crippen molar-refractivity contribution in [1.82, 2.24) is 15.3 Å². The van der Waals surface area contributed by atoms with E-state index in [0.29, 0.717) is 18.4 Å². The Hall–Kier alpha value is -1.75. The Morgan fingerprint density at radius 3 is 2.85 bits per heavy atom. The van der Waals surface area contributed by atoms with Crippen LogP contribution in [0.25, 0.3) is 0 Å². The first-order chi connectivity index (χ1) is 9.70. The van der Waals surface area contributed by atoms with E-state index >= 15 is 0 Å². The van der Waals surface area contributed by atoms with Gasteiger partial charge >= 0.3 is 0 Å². The third-order valence-electron chi connectivity index (χ3n) is 3.18. The molecule has 20 heavy (non-hydrogen) atoms. The largest absolute Gasteiger partial charge is 0.349 e. The first-order valence-corrected chi connectivity index (χ1v) is 6.85. The molecule has 1 atom stereocenters. The Morgan fingerprint density at radius 1 is 1.30 bits per heavy atom. The molecule has 0 spiro atoms. The Bertz CT molecular complexity index is 526. The molecule has 0 saturated carbocycles. The van der Waals surface area contributed by atoms with E-state index in [1.165, 1.54) is 6.07 Å². The Kier molecular flexibility index (Phi) is 5.24. The SMILES string of the molecule is CCCNC(Cc1ncc[nH]1)Cc1cccc(F)c1F. The van der Waals surface area contributed by atoms with E-state index in [-0.39, 0.29) is 6.04 Å². The first kappa shape index (κ1) is 14.7. The van der Waals surface area contributed by atoms with E-state index in [1.807, 2.05) is 0 Å². The van der Waals surface area contributed by atoms with Crippen molar-refractivity contribution in [3.63, 3.8) is 0 Å². The highest BCUT2D eigenvalue weighted by atomic mass is 19.2. The Labute approximate surface area is 117 Å². The lowest BCUT2D eigenvalue weighted by atomic mass is 10.0. The van der Waals surface area contributed by atoms with Crippen LogP contribution in [-0.2, 0) is 12.8 Å². The molecule has 2 N–H and O–H groups in total. The number of aromatic amines is 1. The lowest BCUT2D eigenvalue weighted by molar-refractivity contribution is 0.464. The summed E-state index contributed by atoms with van der Waals surface area (Å²) in [5.74, 6) is -0.708. The molecule has 5 heteroatoms. The van der Waals surface area contributed by atoms with Gasteiger partial charge in [0.05, 0.1) is 0 Å². The molecule has 108 valence electrons. The molecular formula is C15H19F2N3. The van der Waals surface area contributed by atoms with Gasteiger partial charge in [0.2, 0.25) is 0 Å². The van der Waals surface area contributed by atoms with E-state index in [2.05, 4.69) is 22.2 Å². The van der Waals surface area contributed by atoms with Crippen LogP contribution in [0.3, 0.4) is 0 Å². The maximum atomic E-state index is 13.7. The fraction of sp³-hybridized carbons (Fsp3) is 0.400. The predicted octanol–water partition coefficient (Wildman–Crippen LogP) is 2.84. The van der Waals surface area contributed by atoms with Gasteiger partial charge in [0.15, 0.2) is 11.6 Å². The summed E-state index contributed by atoms with van der Waals surface area (Å²) < 4.78 is 27.0. The molecule has 1 unspecified atom stereocenters. The van der Waals surface area contributed by atoms with Gasteiger partial charge in [-0.3, -0.25) is 0 Å². The number of halogens is 2. The summed E-state index contributed by atoms with van der Waals surface area (Å²) in [6.07, 6.45) is 5.53. The van der Waals surface area contributed by atoms with Crippen LogP contribution >= 0.6 is 0 Å². The third-order valence-corrected chi connectivity index (χ3v) is 3.18. The lowest BCUT2D eigenvalue weighted by Gasteiger charge is -2.18. The molecule has 0 aliphatic heterocycles. The number of H-pyrrole nitrogens is 1. The second-order valence-corrected chi connectivity index (χ2v) is 4.81. The molecule has 1 aromatic carbocycles. The average Bonchev–Trinajstić information content (AvgIpc) is 2.94. The second-order valence-electron chi connectivity index (χ2n) is 4.81. The van der Waals surface area contributed by atoms with Crippen molar-refractivity contribution >= 4 is 0 Å². The molecule has 0 saturated heterocycles. The van der Waals surface area contributed by atoms with Gasteiger partial charge in [0.25, 0.3) is 0 Å². The average molecular weight is 279 g/mol. The smallest absolute Gasteiger partial charge is 0.162 e. The molecule has 2 rings (SSSR count). The maximum absolute atomic E-state index is 13.7. The number of imidazole rings is 1. The molecule has 0 aliphatic rings. The van der Waals surface area contributed by atoms with Crippen molar-refractivity contribution in [3.8, 4) is 0 Å². The van der Waals surface area contributed by atoms with Crippen molar-refractivity contribution in [2.75, 3.05) is 6.54 Å². The van der Waals surface area contributed by atoms with Gasteiger partial charge in [0, 0.05) is 24.9 Å². The fourth-order valence-corrected chi connectivity index (χ4v) is 2.18. The Balaban J connectivity index is 2.08. The van der Waals surface area contributed by atoms with Crippen molar-refractivity contribution in [2.45, 2.75) is 32.2 Å². The number of aromatic nitrogens is 2. The molecule has 0 bridgehead atoms. The predicted molar refractivity (Wildman–Crippen MR) is 74.4 cm³/mol. The zero-order valence-corrected chi connectivity index (χ0v) is 11.5. The minimum Gasteiger partial charge on any atom is -0.349 e. The molecule has 0 amide bonds. The quantitative estimate of drug-likeness (QED) is 0.818. The number of nitrogens with zero attached hydrogens (tertiary/aromatic N) is 1. The maximum Gasteiger partial charge on any atom is 0.162 e. The van der Waals surface area contributed by atoms with E-state index in [0.717, 1.165) is 24.9 Å². The minimum atomic E-state index is -0.797. The molecule has 1 aromatic heterocycles. The van der Waals surface area contributed by atoms with Gasteiger partial charge in [-0.05, 0) is 31.0 Å². The molecule has 3 nitrogen and oxygen atoms in total. The molecular weight excluding hydrogens is 260 g/mol. The highest BCUT2D eigenvalue weighted by Crippen LogP contribution is 2.14. The van der Waals surface area contributed by atoms with Gasteiger partial charge in [-0.2, -0.15) is 0 Å². The highest BCUT2D eigenvalue weighted by Gasteiger charge is 2.15. The van der Waals surface area contributed by atoms with Crippen LogP contribution in [0.5, 0.6) is 0 Å². The van der Waals surface area contributed by atoms with E-state index in [4.69, 9.17) is 0 Å². The summed E-state index contributed by atoms with van der Waals surface area (Å²) in [6, 6.07) is 4.33. The molecule has 2 aromatic rings. The van der Waals surface area contributed by atoms with Gasteiger partial charge in [-0.1, -0.05) is 19.1 Å². The number of nitrogens with one attached hydrogen (secondary N) is 2. The van der Waals surface area contributed by atoms with Crippen molar-refractivity contribution in [2.24, 2.45) is 0 Å². The molecule has 0 fully saturated rings. The van der Waals surface area contributed by atoms with Gasteiger partial charge in [-0.15, -0.1) is 0 Å². The van der Waals surface area contributed by atoms with Crippen LogP contribution in [-0.4, -0.2) is 22.6 Å². The summed E-state index contributed by atoms with van der Waals surface area (Å²) in [7, 11) is 0. The van der Waals surface area contributed by atoms with Crippen molar-refractivity contribution in [1.29, 1.82) is 0 Å². The standard InChI is InChI=1S/C15H19F2N3/c1-2-6-18-12(10-14-19-7-8-20-14)9-11-4-3-5-13(16)15(11)17/h3-5,7-8,12,18H,2,6,9-10H2,1H3,(H,19,20). The van der Waals surface area contributed by atoms with Gasteiger partial charge in [-0.25, -0.2) is 13.8 Å². The fourth-order valence-electron chi connectivity index (χ4n) is 2.18. The van der Waals surface area contributed by atoms with E-state index in [9.17, 15) is 8.78 Å². The van der Waals surface area contributed by atoms with Crippen LogP contribution in [0, 0.1) is 11.6 Å². The summed E-state index contributed by atoms with van der Waals surface area (Å²) in [5, 5.41) is 3.35. The van der Waals surface area contributed by atoms with Crippen molar-refractivity contribution < 1.29 is 8.78 Å². The highest BCUT2D eigenvalue weighted by molar-refractivity contribution is 5.20. The van der Waals surface area contributed by atoms with Gasteiger partial charge < -0.3 is 10.3 Å². The number of hydrogen-bond donors (Lipinski definition) is 2. The monoisotopic (exact) mass is 279 g/mol. The summed E-state index contributed by atoms with van der Waals surface area (Å²) in [4.78, 5) is 7.22. The topological polar surface area (TPSA) is 40.7 Å². The Morgan fingerprint density at radius 2 is 2.15 bits per heavy atom. The molecule has 1 heterocycles. The zero-order chi connectivity index (χ0) is 14.4. The van der Waals surface area contributed by atoms with Crippen LogP contribution < -0.4 is 5.32 Å². The summed E-state index contributed by atoms with van der Waals surface area (Å²) in [5.41, 5.74) is 0.394. The van der Waals surface area contributed by atoms with E-state index in [1.54, 1.807) is 18.5 Å². The van der Waals surface area contributed by atoms with Gasteiger partial charge in [0.1, 0.15) is 5.82 Å². The van der Waals surface area contributed by atoms with Crippen LogP contribution in [0.4, 0.5) is 8.78 Å². The lowest BCUT2D eigenvalue weighted by Crippen LogP contribution is -2.34. The summed E-state index contributed by atoms with van der Waals surface area (Å²) >= 11 is 0. The minimum absolute atomic E-state index is 0.0254. The zero-order valence-electron chi connectivity index (χ0n) is 11.5. The first-order valence-electron chi connectivity index (χ1n) is 6.85. The normalized spacial score (nSPS) is 12.6. The molecule has 0 radical (unpaired) electrons. The number of rotatable bonds is 7. The number of hydrogen-bond acceptors (Lipinski definition) is 2. The van der Waals surface area contributed by atoms with E-state index < -0.39 is 11.6 Å². The number of benzene rings is 1.